The van der Waals surface area contributed by atoms with Crippen molar-refractivity contribution in [3.05, 3.63) is 70.8 Å². The number of hydrogen-bond donors (Lipinski definition) is 1. The minimum absolute atomic E-state index is 0.476. The molecule has 0 amide bonds. The zero-order valence-corrected chi connectivity index (χ0v) is 12.9. The predicted molar refractivity (Wildman–Crippen MR) is 89.5 cm³/mol. The first-order chi connectivity index (χ1) is 10.2. The van der Waals surface area contributed by atoms with Crippen molar-refractivity contribution < 1.29 is 4.74 Å². The summed E-state index contributed by atoms with van der Waals surface area (Å²) < 4.78 is 5.18. The molecule has 0 aliphatic heterocycles. The average molecular weight is 300 g/mol. The van der Waals surface area contributed by atoms with E-state index in [2.05, 4.69) is 13.0 Å². The second kappa shape index (κ2) is 7.09. The van der Waals surface area contributed by atoms with E-state index in [9.17, 15) is 0 Å². The van der Waals surface area contributed by atoms with Crippen molar-refractivity contribution in [2.75, 3.05) is 7.11 Å². The molecule has 0 aliphatic rings. The maximum atomic E-state index is 8.46. The monoisotopic (exact) mass is 299 g/mol. The molecule has 0 fully saturated rings. The van der Waals surface area contributed by atoms with Gasteiger partial charge in [-0.25, -0.2) is 0 Å². The molecule has 1 N–H and O–H groups in total. The third kappa shape index (κ3) is 3.73. The fourth-order valence-electron chi connectivity index (χ4n) is 2.14. The second-order valence-corrected chi connectivity index (χ2v) is 5.08. The molecule has 2 nitrogen and oxygen atoms in total. The van der Waals surface area contributed by atoms with Crippen LogP contribution in [0.3, 0.4) is 0 Å². The number of nitrogens with one attached hydrogen (secondary N) is 1. The van der Waals surface area contributed by atoms with Crippen LogP contribution in [0.15, 0.2) is 54.6 Å². The van der Waals surface area contributed by atoms with Gasteiger partial charge >= 0.3 is 0 Å². The molecule has 21 heavy (non-hydrogen) atoms. The van der Waals surface area contributed by atoms with Crippen LogP contribution >= 0.6 is 11.6 Å². The number of ether oxygens (including phenoxy) is 1. The van der Waals surface area contributed by atoms with Crippen molar-refractivity contribution in [1.82, 2.24) is 0 Å². The van der Waals surface area contributed by atoms with E-state index >= 15 is 0 Å². The van der Waals surface area contributed by atoms with E-state index in [-0.39, 0.29) is 0 Å². The first kappa shape index (κ1) is 15.3. The van der Waals surface area contributed by atoms with Gasteiger partial charge in [-0.3, -0.25) is 5.41 Å². The van der Waals surface area contributed by atoms with Gasteiger partial charge in [0.1, 0.15) is 5.75 Å². The Morgan fingerprint density at radius 3 is 2.43 bits per heavy atom. The van der Waals surface area contributed by atoms with Crippen LogP contribution < -0.4 is 4.74 Å². The largest absolute Gasteiger partial charge is 0.497 e. The molecular weight excluding hydrogens is 282 g/mol. The maximum Gasteiger partial charge on any atom is 0.118 e. The Bertz CT molecular complexity index is 659. The van der Waals surface area contributed by atoms with Gasteiger partial charge in [-0.15, -0.1) is 0 Å². The topological polar surface area (TPSA) is 33.1 Å². The maximum absolute atomic E-state index is 8.46. The van der Waals surface area contributed by atoms with E-state index in [4.69, 9.17) is 21.7 Å². The van der Waals surface area contributed by atoms with Crippen LogP contribution in [0.25, 0.3) is 5.57 Å². The minimum Gasteiger partial charge on any atom is -0.497 e. The highest BCUT2D eigenvalue weighted by molar-refractivity contribution is 6.33. The van der Waals surface area contributed by atoms with Crippen molar-refractivity contribution >= 4 is 22.9 Å². The number of hydrogen-bond acceptors (Lipinski definition) is 2. The zero-order valence-electron chi connectivity index (χ0n) is 12.2. The highest BCUT2D eigenvalue weighted by atomic mass is 35.5. The number of methoxy groups -OCH3 is 1. The van der Waals surface area contributed by atoms with Crippen molar-refractivity contribution in [2.45, 2.75) is 13.3 Å². The third-order valence-corrected chi connectivity index (χ3v) is 3.43. The highest BCUT2D eigenvalue weighted by Crippen LogP contribution is 2.24. The molecular formula is C18H18ClNO. The summed E-state index contributed by atoms with van der Waals surface area (Å²) in [6.45, 7) is 2.06. The van der Waals surface area contributed by atoms with Gasteiger partial charge in [-0.2, -0.15) is 0 Å². The number of rotatable bonds is 5. The number of benzene rings is 2. The summed E-state index contributed by atoms with van der Waals surface area (Å²) in [6, 6.07) is 15.2. The molecule has 0 radical (unpaired) electrons. The van der Waals surface area contributed by atoms with E-state index in [1.54, 1.807) is 7.11 Å². The molecule has 0 bridgehead atoms. The summed E-state index contributed by atoms with van der Waals surface area (Å²) in [7, 11) is 1.64. The lowest BCUT2D eigenvalue weighted by atomic mass is 9.95. The lowest BCUT2D eigenvalue weighted by molar-refractivity contribution is 0.415. The minimum atomic E-state index is 0.476. The normalized spacial score (nSPS) is 11.3. The molecule has 3 heteroatoms. The van der Waals surface area contributed by atoms with Gasteiger partial charge in [-0.05, 0) is 36.2 Å². The first-order valence-corrected chi connectivity index (χ1v) is 7.23. The van der Waals surface area contributed by atoms with Gasteiger partial charge in [0.15, 0.2) is 0 Å². The summed E-state index contributed by atoms with van der Waals surface area (Å²) in [5.74, 6) is 0.809. The van der Waals surface area contributed by atoms with E-state index in [1.807, 2.05) is 48.5 Å². The smallest absolute Gasteiger partial charge is 0.118 e. The van der Waals surface area contributed by atoms with E-state index in [0.29, 0.717) is 10.7 Å². The Labute approximate surface area is 130 Å². The van der Waals surface area contributed by atoms with Crippen LogP contribution in [0.1, 0.15) is 24.5 Å². The van der Waals surface area contributed by atoms with Crippen LogP contribution in [-0.4, -0.2) is 12.8 Å². The molecule has 0 spiro atoms. The summed E-state index contributed by atoms with van der Waals surface area (Å²) in [5, 5.41) is 9.11. The summed E-state index contributed by atoms with van der Waals surface area (Å²) in [5.41, 5.74) is 3.20. The molecule has 0 atom stereocenters. The lowest BCUT2D eigenvalue weighted by Crippen LogP contribution is -2.03. The lowest BCUT2D eigenvalue weighted by Gasteiger charge is -2.11. The second-order valence-electron chi connectivity index (χ2n) is 4.64. The van der Waals surface area contributed by atoms with Gasteiger partial charge < -0.3 is 4.74 Å². The number of halogens is 1. The quantitative estimate of drug-likeness (QED) is 0.755. The Morgan fingerprint density at radius 2 is 1.86 bits per heavy atom. The standard InChI is InChI=1S/C18H18ClNO/c1-3-5-17(13-8-10-16(21-2)11-9-13)18(20)14-6-4-7-15(19)12-14/h4-12,20H,3H2,1-2H3/b17-5+,20-18?. The van der Waals surface area contributed by atoms with Crippen molar-refractivity contribution in [3.8, 4) is 5.75 Å². The molecule has 0 aromatic heterocycles. The summed E-state index contributed by atoms with van der Waals surface area (Å²) in [4.78, 5) is 0. The molecule has 2 rings (SSSR count). The van der Waals surface area contributed by atoms with Gasteiger partial charge in [0.05, 0.1) is 12.8 Å². The van der Waals surface area contributed by atoms with E-state index in [1.165, 1.54) is 0 Å². The Hall–Kier alpha value is -2.06. The molecule has 108 valence electrons. The third-order valence-electron chi connectivity index (χ3n) is 3.19. The highest BCUT2D eigenvalue weighted by Gasteiger charge is 2.10. The summed E-state index contributed by atoms with van der Waals surface area (Å²) in [6.07, 6.45) is 2.93. The van der Waals surface area contributed by atoms with E-state index in [0.717, 1.165) is 28.9 Å². The van der Waals surface area contributed by atoms with Crippen LogP contribution in [-0.2, 0) is 0 Å². The molecule has 2 aromatic carbocycles. The Kier molecular flexibility index (Phi) is 5.18. The average Bonchev–Trinajstić information content (AvgIpc) is 2.52. The van der Waals surface area contributed by atoms with Gasteiger partial charge in [0.25, 0.3) is 0 Å². The van der Waals surface area contributed by atoms with Crippen molar-refractivity contribution in [1.29, 1.82) is 5.41 Å². The number of allylic oxidation sites excluding steroid dienone is 2. The fourth-order valence-corrected chi connectivity index (χ4v) is 2.33. The van der Waals surface area contributed by atoms with Crippen molar-refractivity contribution in [3.63, 3.8) is 0 Å². The molecule has 0 saturated heterocycles. The van der Waals surface area contributed by atoms with Gasteiger partial charge in [-0.1, -0.05) is 48.9 Å². The zero-order chi connectivity index (χ0) is 15.2. The van der Waals surface area contributed by atoms with Crippen molar-refractivity contribution in [2.24, 2.45) is 0 Å². The molecule has 0 aliphatic carbocycles. The fraction of sp³-hybridized carbons (Fsp3) is 0.167. The Balaban J connectivity index is 2.38. The summed E-state index contributed by atoms with van der Waals surface area (Å²) >= 11 is 6.02. The SMILES string of the molecule is CC/C=C(/C(=N)c1cccc(Cl)c1)c1ccc(OC)cc1. The molecule has 2 aromatic rings. The van der Waals surface area contributed by atoms with Gasteiger partial charge in [0, 0.05) is 16.2 Å². The Morgan fingerprint density at radius 1 is 1.14 bits per heavy atom. The van der Waals surface area contributed by atoms with Crippen LogP contribution in [0.4, 0.5) is 0 Å². The first-order valence-electron chi connectivity index (χ1n) is 6.85. The van der Waals surface area contributed by atoms with Gasteiger partial charge in [0.2, 0.25) is 0 Å². The van der Waals surface area contributed by atoms with Crippen LogP contribution in [0, 0.1) is 5.41 Å². The molecule has 0 unspecified atom stereocenters. The van der Waals surface area contributed by atoms with Crippen LogP contribution in [0.5, 0.6) is 5.75 Å². The molecule has 0 saturated carbocycles. The predicted octanol–water partition coefficient (Wildman–Crippen LogP) is 5.21. The molecule has 0 heterocycles. The van der Waals surface area contributed by atoms with Crippen LogP contribution in [0.2, 0.25) is 5.02 Å². The van der Waals surface area contributed by atoms with E-state index < -0.39 is 0 Å².